The summed E-state index contributed by atoms with van der Waals surface area (Å²) in [6, 6.07) is 9.32. The predicted octanol–water partition coefficient (Wildman–Crippen LogP) is 6.02. The van der Waals surface area contributed by atoms with E-state index in [9.17, 15) is 26.7 Å². The number of alkyl halides is 3. The fourth-order valence-corrected chi connectivity index (χ4v) is 6.15. The number of carbonyl (C=O) groups excluding carboxylic acids is 1. The maximum absolute atomic E-state index is 14.8. The average Bonchev–Trinajstić information content (AvgIpc) is 3.38. The van der Waals surface area contributed by atoms with Crippen LogP contribution in [0.4, 0.5) is 22.0 Å². The lowest BCUT2D eigenvalue weighted by Gasteiger charge is -2.36. The molecule has 3 atom stereocenters. The van der Waals surface area contributed by atoms with Gasteiger partial charge < -0.3 is 21.1 Å². The van der Waals surface area contributed by atoms with E-state index in [-0.39, 0.29) is 35.3 Å². The van der Waals surface area contributed by atoms with Gasteiger partial charge in [-0.1, -0.05) is 23.7 Å². The highest BCUT2D eigenvalue weighted by atomic mass is 35.5. The first kappa shape index (κ1) is 36.0. The number of hydrogen-bond acceptors (Lipinski definition) is 4. The zero-order valence-electron chi connectivity index (χ0n) is 25.5. The topological polar surface area (TPSA) is 123 Å². The molecule has 2 aliphatic rings. The third-order valence-corrected chi connectivity index (χ3v) is 8.56. The molecule has 1 amide bonds. The Morgan fingerprint density at radius 2 is 1.62 bits per heavy atom. The van der Waals surface area contributed by atoms with Crippen molar-refractivity contribution in [2.75, 3.05) is 26.2 Å². The lowest BCUT2D eigenvalue weighted by molar-refractivity contribution is -0.192. The van der Waals surface area contributed by atoms with Crippen LogP contribution < -0.4 is 11.1 Å². The third kappa shape index (κ3) is 9.29. The van der Waals surface area contributed by atoms with Crippen molar-refractivity contribution in [2.24, 2.45) is 11.7 Å². The van der Waals surface area contributed by atoms with Gasteiger partial charge in [0.05, 0.1) is 12.0 Å². The van der Waals surface area contributed by atoms with Crippen molar-refractivity contribution in [1.29, 1.82) is 5.41 Å². The maximum Gasteiger partial charge on any atom is 0.490 e. The van der Waals surface area contributed by atoms with Crippen molar-refractivity contribution in [3.8, 4) is 0 Å². The van der Waals surface area contributed by atoms with Crippen molar-refractivity contribution in [2.45, 2.75) is 70.1 Å². The highest BCUT2D eigenvalue weighted by Gasteiger charge is 2.45. The number of carboxylic acid groups (broad SMARTS) is 1. The predicted molar refractivity (Wildman–Crippen MR) is 161 cm³/mol. The zero-order chi connectivity index (χ0) is 33.9. The smallest absolute Gasteiger partial charge is 0.475 e. The molecular weight excluding hydrogens is 621 g/mol. The number of carboxylic acids is 1. The van der Waals surface area contributed by atoms with Gasteiger partial charge in [-0.2, -0.15) is 13.2 Å². The second-order valence-electron chi connectivity index (χ2n) is 12.4. The summed E-state index contributed by atoms with van der Waals surface area (Å²) >= 11 is 6.28. The molecule has 45 heavy (non-hydrogen) atoms. The van der Waals surface area contributed by atoms with Gasteiger partial charge in [0.2, 0.25) is 5.91 Å². The van der Waals surface area contributed by atoms with Gasteiger partial charge in [-0.15, -0.1) is 0 Å². The molecule has 2 heterocycles. The first-order chi connectivity index (χ1) is 20.8. The molecule has 5 N–H and O–H groups in total. The number of hydrogen-bond donors (Lipinski definition) is 4. The van der Waals surface area contributed by atoms with Crippen LogP contribution in [0.1, 0.15) is 75.1 Å². The van der Waals surface area contributed by atoms with Crippen molar-refractivity contribution in [1.82, 2.24) is 15.1 Å². The first-order valence-corrected chi connectivity index (χ1v) is 14.9. The van der Waals surface area contributed by atoms with E-state index in [1.165, 1.54) is 12.1 Å². The molecule has 0 aliphatic carbocycles. The summed E-state index contributed by atoms with van der Waals surface area (Å²) in [5.74, 6) is -4.51. The molecule has 0 bridgehead atoms. The van der Waals surface area contributed by atoms with Crippen LogP contribution in [0, 0.1) is 23.0 Å². The number of piperidine rings is 1. The Kier molecular flexibility index (Phi) is 11.5. The van der Waals surface area contributed by atoms with Crippen LogP contribution in [0.25, 0.3) is 0 Å². The molecule has 2 aromatic rings. The van der Waals surface area contributed by atoms with Crippen molar-refractivity contribution >= 4 is 29.4 Å². The molecule has 2 saturated heterocycles. The largest absolute Gasteiger partial charge is 0.490 e. The first-order valence-electron chi connectivity index (χ1n) is 14.5. The molecule has 4 rings (SSSR count). The van der Waals surface area contributed by atoms with Gasteiger partial charge in [-0.05, 0) is 81.3 Å². The van der Waals surface area contributed by atoms with Crippen LogP contribution in [-0.2, 0) is 9.59 Å². The van der Waals surface area contributed by atoms with Crippen molar-refractivity contribution in [3.63, 3.8) is 0 Å². The maximum atomic E-state index is 14.8. The number of benzene rings is 2. The number of amides is 1. The Hall–Kier alpha value is -3.45. The summed E-state index contributed by atoms with van der Waals surface area (Å²) < 4.78 is 60.2. The monoisotopic (exact) mass is 659 g/mol. The van der Waals surface area contributed by atoms with Crippen molar-refractivity contribution < 1.29 is 36.6 Å². The Morgan fingerprint density at radius 3 is 2.13 bits per heavy atom. The van der Waals surface area contributed by atoms with Gasteiger partial charge in [-0.25, -0.2) is 13.6 Å². The van der Waals surface area contributed by atoms with Gasteiger partial charge >= 0.3 is 12.1 Å². The fourth-order valence-electron chi connectivity index (χ4n) is 5.97. The summed E-state index contributed by atoms with van der Waals surface area (Å²) in [5, 5.41) is 18.3. The second kappa shape index (κ2) is 14.3. The number of halogens is 6. The van der Waals surface area contributed by atoms with Crippen LogP contribution in [0.15, 0.2) is 36.4 Å². The van der Waals surface area contributed by atoms with E-state index >= 15 is 0 Å². The van der Waals surface area contributed by atoms with E-state index in [1.807, 2.05) is 30.0 Å². The quantitative estimate of drug-likeness (QED) is 0.177. The third-order valence-electron chi connectivity index (χ3n) is 8.32. The highest BCUT2D eigenvalue weighted by molar-refractivity contribution is 6.30. The average molecular weight is 660 g/mol. The summed E-state index contributed by atoms with van der Waals surface area (Å²) in [4.78, 5) is 26.9. The molecule has 14 heteroatoms. The Bertz CT molecular complexity index is 1390. The Balaban J connectivity index is 0.000000707. The minimum atomic E-state index is -5.08. The SMILES string of the molecule is C[C@H](NC(=N)N)c1cc(Cl)ccc1C1CCN(C(=O)[C@@H]2CN(C(C)(C)C)C[C@H]2c2ccc(F)cc2F)CC1.O=C(O)C(F)(F)F. The number of aliphatic carboxylic acids is 1. The Morgan fingerprint density at radius 1 is 1.04 bits per heavy atom. The molecule has 0 unspecified atom stereocenters. The normalized spacial score (nSPS) is 20.3. The molecular formula is C31H39ClF5N5O3. The molecule has 0 aromatic heterocycles. The second-order valence-corrected chi connectivity index (χ2v) is 12.8. The fraction of sp³-hybridized carbons (Fsp3) is 0.516. The van der Waals surface area contributed by atoms with Crippen LogP contribution in [0.3, 0.4) is 0 Å². The van der Waals surface area contributed by atoms with Crippen molar-refractivity contribution in [3.05, 3.63) is 69.7 Å². The van der Waals surface area contributed by atoms with Crippen LogP contribution in [0.5, 0.6) is 0 Å². The van der Waals surface area contributed by atoms with Gasteiger partial charge in [0.25, 0.3) is 0 Å². The minimum Gasteiger partial charge on any atom is -0.475 e. The number of nitrogens with two attached hydrogens (primary N) is 1. The summed E-state index contributed by atoms with van der Waals surface area (Å²) in [7, 11) is 0. The van der Waals surface area contributed by atoms with Crippen LogP contribution in [0.2, 0.25) is 5.02 Å². The molecule has 8 nitrogen and oxygen atoms in total. The molecule has 0 radical (unpaired) electrons. The van der Waals surface area contributed by atoms with Gasteiger partial charge in [0, 0.05) is 48.7 Å². The van der Waals surface area contributed by atoms with Gasteiger partial charge in [0.1, 0.15) is 11.6 Å². The summed E-state index contributed by atoms with van der Waals surface area (Å²) in [5.41, 5.74) is 7.94. The van der Waals surface area contributed by atoms with Crippen LogP contribution >= 0.6 is 11.6 Å². The molecule has 0 saturated carbocycles. The number of nitrogens with one attached hydrogen (secondary N) is 2. The number of rotatable bonds is 5. The summed E-state index contributed by atoms with van der Waals surface area (Å²) in [6.45, 7) is 10.5. The van der Waals surface area contributed by atoms with E-state index in [4.69, 9.17) is 32.6 Å². The van der Waals surface area contributed by atoms with E-state index < -0.39 is 29.7 Å². The number of nitrogens with zero attached hydrogens (tertiary/aromatic N) is 2. The zero-order valence-corrected chi connectivity index (χ0v) is 26.3. The molecule has 2 aliphatic heterocycles. The van der Waals surface area contributed by atoms with E-state index in [0.717, 1.165) is 30.0 Å². The highest BCUT2D eigenvalue weighted by Crippen LogP contribution is 2.40. The molecule has 0 spiro atoms. The molecule has 248 valence electrons. The lowest BCUT2D eigenvalue weighted by Crippen LogP contribution is -2.44. The van der Waals surface area contributed by atoms with E-state index in [0.29, 0.717) is 36.8 Å². The molecule has 2 fully saturated rings. The Labute approximate surface area is 264 Å². The number of guanidine groups is 1. The standard InChI is InChI=1S/C29H38ClF2N5O.C2HF3O2/c1-17(35-28(33)34)23-13-19(30)5-7-21(23)18-9-11-36(12-10-18)27(38)25-16-37(29(2,3)4)15-24(25)22-8-6-20(31)14-26(22)32;3-2(4,5)1(6)7/h5-8,13-14,17-18,24-25H,9-12,15-16H2,1-4H3,(H4,33,34,35);(H,6,7)/t17-,24-,25+;/m0./s1. The van der Waals surface area contributed by atoms with E-state index in [2.05, 4.69) is 31.0 Å². The molecule has 2 aromatic carbocycles. The van der Waals surface area contributed by atoms with Crippen LogP contribution in [-0.4, -0.2) is 70.6 Å². The number of carbonyl (C=O) groups is 2. The summed E-state index contributed by atoms with van der Waals surface area (Å²) in [6.07, 6.45) is -3.50. The van der Waals surface area contributed by atoms with E-state index in [1.54, 1.807) is 0 Å². The van der Waals surface area contributed by atoms with Gasteiger partial charge in [0.15, 0.2) is 5.96 Å². The van der Waals surface area contributed by atoms with Gasteiger partial charge in [-0.3, -0.25) is 15.1 Å². The minimum absolute atomic E-state index is 0.0341. The lowest BCUT2D eigenvalue weighted by atomic mass is 9.83. The number of likely N-dealkylation sites (tertiary alicyclic amines) is 2.